The van der Waals surface area contributed by atoms with Crippen LogP contribution in [0, 0.1) is 0 Å². The number of carbonyl (C=O) groups is 1. The van der Waals surface area contributed by atoms with Crippen molar-refractivity contribution in [2.75, 3.05) is 19.5 Å². The molecule has 110 valence electrons. The lowest BCUT2D eigenvalue weighted by molar-refractivity contribution is 0.102. The molecule has 0 bridgehead atoms. The van der Waals surface area contributed by atoms with Crippen LogP contribution in [0.1, 0.15) is 10.4 Å². The summed E-state index contributed by atoms with van der Waals surface area (Å²) >= 11 is 9.26. The van der Waals surface area contributed by atoms with Crippen molar-refractivity contribution in [1.82, 2.24) is 0 Å². The fourth-order valence-electron chi connectivity index (χ4n) is 1.79. The molecule has 0 aromatic heterocycles. The Kier molecular flexibility index (Phi) is 5.09. The van der Waals surface area contributed by atoms with Gasteiger partial charge in [0.2, 0.25) is 0 Å². The standard InChI is InChI=1S/C15H13BrClNO3/c1-20-12-3-4-14(21-2)13(8-12)18-15(19)9-5-10(16)7-11(17)6-9/h3-8H,1-2H3,(H,18,19). The molecule has 1 amide bonds. The van der Waals surface area contributed by atoms with E-state index in [0.29, 0.717) is 27.8 Å². The van der Waals surface area contributed by atoms with Gasteiger partial charge in [0, 0.05) is 21.1 Å². The molecule has 21 heavy (non-hydrogen) atoms. The van der Waals surface area contributed by atoms with Crippen molar-refractivity contribution < 1.29 is 14.3 Å². The Balaban J connectivity index is 2.30. The molecule has 0 radical (unpaired) electrons. The van der Waals surface area contributed by atoms with Gasteiger partial charge in [-0.3, -0.25) is 4.79 Å². The molecule has 0 heterocycles. The van der Waals surface area contributed by atoms with Crippen LogP contribution in [-0.2, 0) is 0 Å². The number of carbonyl (C=O) groups excluding carboxylic acids is 1. The Morgan fingerprint density at radius 2 is 1.90 bits per heavy atom. The Bertz CT molecular complexity index is 656. The summed E-state index contributed by atoms with van der Waals surface area (Å²) in [5.74, 6) is 0.883. The molecule has 0 saturated heterocycles. The van der Waals surface area contributed by atoms with Crippen LogP contribution in [0.3, 0.4) is 0 Å². The maximum absolute atomic E-state index is 12.3. The van der Waals surface area contributed by atoms with Gasteiger partial charge in [-0.15, -0.1) is 0 Å². The number of benzene rings is 2. The van der Waals surface area contributed by atoms with E-state index in [-0.39, 0.29) is 5.91 Å². The highest BCUT2D eigenvalue weighted by atomic mass is 79.9. The van der Waals surface area contributed by atoms with E-state index in [4.69, 9.17) is 21.1 Å². The molecule has 0 atom stereocenters. The van der Waals surface area contributed by atoms with Crippen molar-refractivity contribution in [2.45, 2.75) is 0 Å². The Labute approximate surface area is 136 Å². The van der Waals surface area contributed by atoms with E-state index in [0.717, 1.165) is 4.47 Å². The highest BCUT2D eigenvalue weighted by molar-refractivity contribution is 9.10. The van der Waals surface area contributed by atoms with Gasteiger partial charge in [0.05, 0.1) is 19.9 Å². The fraction of sp³-hybridized carbons (Fsp3) is 0.133. The molecule has 2 rings (SSSR count). The van der Waals surface area contributed by atoms with E-state index in [9.17, 15) is 4.79 Å². The predicted molar refractivity (Wildman–Crippen MR) is 86.7 cm³/mol. The second-order valence-electron chi connectivity index (χ2n) is 4.18. The zero-order chi connectivity index (χ0) is 15.4. The van der Waals surface area contributed by atoms with Crippen molar-refractivity contribution in [2.24, 2.45) is 0 Å². The van der Waals surface area contributed by atoms with Crippen LogP contribution in [-0.4, -0.2) is 20.1 Å². The second-order valence-corrected chi connectivity index (χ2v) is 5.53. The van der Waals surface area contributed by atoms with Crippen LogP contribution >= 0.6 is 27.5 Å². The molecule has 0 spiro atoms. The summed E-state index contributed by atoms with van der Waals surface area (Å²) < 4.78 is 11.1. The summed E-state index contributed by atoms with van der Waals surface area (Å²) in [6, 6.07) is 10.2. The SMILES string of the molecule is COc1ccc(OC)c(NC(=O)c2cc(Cl)cc(Br)c2)c1. The van der Waals surface area contributed by atoms with Gasteiger partial charge in [0.15, 0.2) is 0 Å². The number of anilines is 1. The summed E-state index contributed by atoms with van der Waals surface area (Å²) in [6.45, 7) is 0. The minimum absolute atomic E-state index is 0.287. The summed E-state index contributed by atoms with van der Waals surface area (Å²) in [5.41, 5.74) is 0.970. The molecule has 1 N–H and O–H groups in total. The van der Waals surface area contributed by atoms with Gasteiger partial charge in [-0.25, -0.2) is 0 Å². The number of methoxy groups -OCH3 is 2. The maximum Gasteiger partial charge on any atom is 0.255 e. The molecule has 0 aliphatic carbocycles. The lowest BCUT2D eigenvalue weighted by Gasteiger charge is -2.12. The molecule has 2 aromatic rings. The first-order valence-corrected chi connectivity index (χ1v) is 7.20. The normalized spacial score (nSPS) is 10.1. The van der Waals surface area contributed by atoms with Crippen molar-refractivity contribution >= 4 is 39.1 Å². The van der Waals surface area contributed by atoms with Crippen LogP contribution in [0.2, 0.25) is 5.02 Å². The van der Waals surface area contributed by atoms with E-state index in [1.807, 2.05) is 0 Å². The van der Waals surface area contributed by atoms with Gasteiger partial charge >= 0.3 is 0 Å². The lowest BCUT2D eigenvalue weighted by Crippen LogP contribution is -2.12. The molecule has 6 heteroatoms. The minimum atomic E-state index is -0.287. The smallest absolute Gasteiger partial charge is 0.255 e. The van der Waals surface area contributed by atoms with Gasteiger partial charge in [-0.2, -0.15) is 0 Å². The minimum Gasteiger partial charge on any atom is -0.497 e. The van der Waals surface area contributed by atoms with Gasteiger partial charge in [-0.05, 0) is 30.3 Å². The molecule has 0 unspecified atom stereocenters. The van der Waals surface area contributed by atoms with Gasteiger partial charge in [0.25, 0.3) is 5.91 Å². The topological polar surface area (TPSA) is 47.6 Å². The third-order valence-corrected chi connectivity index (χ3v) is 3.46. The number of ether oxygens (including phenoxy) is 2. The zero-order valence-electron chi connectivity index (χ0n) is 11.4. The van der Waals surface area contributed by atoms with E-state index in [1.165, 1.54) is 7.11 Å². The third kappa shape index (κ3) is 3.89. The molecule has 4 nitrogen and oxygen atoms in total. The first kappa shape index (κ1) is 15.7. The highest BCUT2D eigenvalue weighted by Gasteiger charge is 2.12. The van der Waals surface area contributed by atoms with E-state index in [1.54, 1.807) is 43.5 Å². The van der Waals surface area contributed by atoms with E-state index >= 15 is 0 Å². The zero-order valence-corrected chi connectivity index (χ0v) is 13.8. The van der Waals surface area contributed by atoms with Crippen molar-refractivity contribution in [1.29, 1.82) is 0 Å². The van der Waals surface area contributed by atoms with Crippen LogP contribution < -0.4 is 14.8 Å². The first-order chi connectivity index (χ1) is 10.0. The van der Waals surface area contributed by atoms with Crippen LogP contribution in [0.4, 0.5) is 5.69 Å². The molecular weight excluding hydrogens is 358 g/mol. The number of rotatable bonds is 4. The lowest BCUT2D eigenvalue weighted by atomic mass is 10.2. The van der Waals surface area contributed by atoms with Crippen molar-refractivity contribution in [3.63, 3.8) is 0 Å². The Morgan fingerprint density at radius 3 is 2.52 bits per heavy atom. The number of nitrogens with one attached hydrogen (secondary N) is 1. The van der Waals surface area contributed by atoms with E-state index < -0.39 is 0 Å². The molecule has 0 aliphatic heterocycles. The van der Waals surface area contributed by atoms with Crippen molar-refractivity contribution in [3.05, 3.63) is 51.5 Å². The number of hydrogen-bond acceptors (Lipinski definition) is 3. The van der Waals surface area contributed by atoms with Crippen LogP contribution in [0.5, 0.6) is 11.5 Å². The third-order valence-electron chi connectivity index (χ3n) is 2.78. The molecule has 0 fully saturated rings. The monoisotopic (exact) mass is 369 g/mol. The maximum atomic E-state index is 12.3. The second kappa shape index (κ2) is 6.83. The predicted octanol–water partition coefficient (Wildman–Crippen LogP) is 4.37. The number of amides is 1. The molecule has 0 saturated carbocycles. The number of hydrogen-bond donors (Lipinski definition) is 1. The van der Waals surface area contributed by atoms with Crippen LogP contribution in [0.15, 0.2) is 40.9 Å². The summed E-state index contributed by atoms with van der Waals surface area (Å²) in [6.07, 6.45) is 0. The largest absolute Gasteiger partial charge is 0.497 e. The van der Waals surface area contributed by atoms with Crippen LogP contribution in [0.25, 0.3) is 0 Å². The van der Waals surface area contributed by atoms with Crippen molar-refractivity contribution in [3.8, 4) is 11.5 Å². The van der Waals surface area contributed by atoms with E-state index in [2.05, 4.69) is 21.2 Å². The van der Waals surface area contributed by atoms with Gasteiger partial charge in [-0.1, -0.05) is 27.5 Å². The molecular formula is C15H13BrClNO3. The average Bonchev–Trinajstić information content (AvgIpc) is 2.46. The summed E-state index contributed by atoms with van der Waals surface area (Å²) in [4.78, 5) is 12.3. The fourth-order valence-corrected chi connectivity index (χ4v) is 2.65. The average molecular weight is 371 g/mol. The summed E-state index contributed by atoms with van der Waals surface area (Å²) in [7, 11) is 3.09. The quantitative estimate of drug-likeness (QED) is 0.869. The highest BCUT2D eigenvalue weighted by Crippen LogP contribution is 2.29. The van der Waals surface area contributed by atoms with Gasteiger partial charge < -0.3 is 14.8 Å². The molecule has 2 aromatic carbocycles. The number of halogens is 2. The summed E-state index contributed by atoms with van der Waals surface area (Å²) in [5, 5.41) is 3.26. The first-order valence-electron chi connectivity index (χ1n) is 6.03. The van der Waals surface area contributed by atoms with Gasteiger partial charge in [0.1, 0.15) is 11.5 Å². The molecule has 0 aliphatic rings. The Hall–Kier alpha value is -1.72. The Morgan fingerprint density at radius 1 is 1.14 bits per heavy atom.